The second kappa shape index (κ2) is 7.19. The Morgan fingerprint density at radius 2 is 1.95 bits per heavy atom. The summed E-state index contributed by atoms with van der Waals surface area (Å²) in [6.45, 7) is 1.67. The summed E-state index contributed by atoms with van der Waals surface area (Å²) in [6, 6.07) is 13.6. The van der Waals surface area contributed by atoms with Crippen molar-refractivity contribution in [3.05, 3.63) is 65.5 Å². The molecule has 0 saturated carbocycles. The molecule has 0 aromatic heterocycles. The van der Waals surface area contributed by atoms with Crippen LogP contribution in [-0.4, -0.2) is 18.7 Å². The van der Waals surface area contributed by atoms with E-state index in [4.69, 9.17) is 4.84 Å². The molecule has 0 unspecified atom stereocenters. The zero-order chi connectivity index (χ0) is 15.1. The van der Waals surface area contributed by atoms with Gasteiger partial charge in [0.05, 0.1) is 11.9 Å². The fraction of sp³-hybridized carbons (Fsp3) is 0.125. The fourth-order valence-electron chi connectivity index (χ4n) is 1.67. The summed E-state index contributed by atoms with van der Waals surface area (Å²) in [6.07, 6.45) is 1.53. The minimum absolute atomic E-state index is 0.119. The normalized spacial score (nSPS) is 10.6. The first-order valence-electron chi connectivity index (χ1n) is 6.42. The van der Waals surface area contributed by atoms with Gasteiger partial charge in [0.15, 0.2) is 6.61 Å². The highest BCUT2D eigenvalue weighted by molar-refractivity contribution is 5.91. The first-order chi connectivity index (χ1) is 10.2. The van der Waals surface area contributed by atoms with Gasteiger partial charge < -0.3 is 10.2 Å². The van der Waals surface area contributed by atoms with Crippen molar-refractivity contribution < 1.29 is 14.0 Å². The van der Waals surface area contributed by atoms with Gasteiger partial charge in [0.25, 0.3) is 5.91 Å². The number of aryl methyl sites for hydroxylation is 1. The number of hydrogen-bond donors (Lipinski definition) is 1. The number of nitrogens with zero attached hydrogens (tertiary/aromatic N) is 1. The molecule has 0 radical (unpaired) electrons. The van der Waals surface area contributed by atoms with Gasteiger partial charge in [-0.15, -0.1) is 0 Å². The van der Waals surface area contributed by atoms with Crippen molar-refractivity contribution in [2.75, 3.05) is 11.9 Å². The summed E-state index contributed by atoms with van der Waals surface area (Å²) in [5, 5.41) is 6.13. The topological polar surface area (TPSA) is 50.7 Å². The van der Waals surface area contributed by atoms with Crippen LogP contribution in [0.2, 0.25) is 0 Å². The second-order valence-corrected chi connectivity index (χ2v) is 4.39. The van der Waals surface area contributed by atoms with Crippen molar-refractivity contribution in [3.8, 4) is 0 Å². The number of rotatable bonds is 5. The maximum absolute atomic E-state index is 13.3. The Morgan fingerprint density at radius 3 is 2.71 bits per heavy atom. The molecule has 2 rings (SSSR count). The molecule has 2 aromatic carbocycles. The molecular formula is C16H15FN2O2. The van der Waals surface area contributed by atoms with Crippen LogP contribution in [0.1, 0.15) is 11.1 Å². The van der Waals surface area contributed by atoms with E-state index >= 15 is 0 Å². The van der Waals surface area contributed by atoms with E-state index in [0.29, 0.717) is 0 Å². The third kappa shape index (κ3) is 4.42. The minimum atomic E-state index is -0.491. The van der Waals surface area contributed by atoms with Crippen LogP contribution < -0.4 is 5.32 Å². The lowest BCUT2D eigenvalue weighted by molar-refractivity contribution is -0.120. The van der Waals surface area contributed by atoms with Crippen LogP contribution in [-0.2, 0) is 9.63 Å². The van der Waals surface area contributed by atoms with Crippen molar-refractivity contribution in [2.45, 2.75) is 6.92 Å². The summed E-state index contributed by atoms with van der Waals surface area (Å²) in [4.78, 5) is 16.5. The third-order valence-corrected chi connectivity index (χ3v) is 2.80. The van der Waals surface area contributed by atoms with E-state index in [0.717, 1.165) is 11.1 Å². The quantitative estimate of drug-likeness (QED) is 0.678. The average Bonchev–Trinajstić information content (AvgIpc) is 2.48. The maximum Gasteiger partial charge on any atom is 0.265 e. The van der Waals surface area contributed by atoms with Crippen molar-refractivity contribution >= 4 is 17.8 Å². The molecule has 4 nitrogen and oxygen atoms in total. The molecule has 21 heavy (non-hydrogen) atoms. The van der Waals surface area contributed by atoms with E-state index in [1.807, 2.05) is 31.2 Å². The highest BCUT2D eigenvalue weighted by Crippen LogP contribution is 2.11. The lowest BCUT2D eigenvalue weighted by Crippen LogP contribution is -2.17. The highest BCUT2D eigenvalue weighted by Gasteiger charge is 2.06. The number of hydrogen-bond acceptors (Lipinski definition) is 3. The van der Waals surface area contributed by atoms with Crippen molar-refractivity contribution in [1.29, 1.82) is 0 Å². The van der Waals surface area contributed by atoms with E-state index in [2.05, 4.69) is 10.5 Å². The summed E-state index contributed by atoms with van der Waals surface area (Å²) in [7, 11) is 0. The number of carbonyl (C=O) groups is 1. The molecule has 0 bridgehead atoms. The zero-order valence-electron chi connectivity index (χ0n) is 11.5. The van der Waals surface area contributed by atoms with E-state index in [-0.39, 0.29) is 12.3 Å². The number of nitrogens with one attached hydrogen (secondary N) is 1. The predicted molar refractivity (Wildman–Crippen MR) is 79.8 cm³/mol. The fourth-order valence-corrected chi connectivity index (χ4v) is 1.67. The Hall–Kier alpha value is -2.69. The molecule has 2 aromatic rings. The van der Waals surface area contributed by atoms with Gasteiger partial charge in [-0.1, -0.05) is 41.6 Å². The SMILES string of the molecule is Cc1ccccc1/C=N\OCC(=O)Nc1ccccc1F. The molecule has 1 N–H and O–H groups in total. The highest BCUT2D eigenvalue weighted by atomic mass is 19.1. The van der Waals surface area contributed by atoms with Gasteiger partial charge in [0.1, 0.15) is 5.82 Å². The molecule has 0 heterocycles. The van der Waals surface area contributed by atoms with E-state index < -0.39 is 11.7 Å². The standard InChI is InChI=1S/C16H15FN2O2/c1-12-6-2-3-7-13(12)10-18-21-11-16(20)19-15-9-5-4-8-14(15)17/h2-10H,11H2,1H3,(H,19,20)/b18-10-. The predicted octanol–water partition coefficient (Wildman–Crippen LogP) is 3.12. The first-order valence-corrected chi connectivity index (χ1v) is 6.42. The minimum Gasteiger partial charge on any atom is -0.386 e. The Bertz CT molecular complexity index is 656. The lowest BCUT2D eigenvalue weighted by atomic mass is 10.1. The molecule has 1 amide bonds. The van der Waals surface area contributed by atoms with Gasteiger partial charge in [-0.25, -0.2) is 4.39 Å². The molecule has 0 aliphatic carbocycles. The number of para-hydroxylation sites is 1. The number of anilines is 1. The van der Waals surface area contributed by atoms with Gasteiger partial charge in [0.2, 0.25) is 0 Å². The molecule has 0 aliphatic heterocycles. The van der Waals surface area contributed by atoms with Crippen LogP contribution in [0.25, 0.3) is 0 Å². The first kappa shape index (κ1) is 14.7. The summed E-state index contributed by atoms with van der Waals surface area (Å²) >= 11 is 0. The molecular weight excluding hydrogens is 271 g/mol. The molecule has 0 spiro atoms. The zero-order valence-corrected chi connectivity index (χ0v) is 11.5. The molecule has 0 atom stereocenters. The largest absolute Gasteiger partial charge is 0.386 e. The van der Waals surface area contributed by atoms with Crippen LogP contribution in [0.5, 0.6) is 0 Å². The van der Waals surface area contributed by atoms with Crippen LogP contribution in [0, 0.1) is 12.7 Å². The molecule has 0 saturated heterocycles. The van der Waals surface area contributed by atoms with Crippen LogP contribution >= 0.6 is 0 Å². The Labute approximate surface area is 122 Å². The van der Waals surface area contributed by atoms with Crippen molar-refractivity contribution in [1.82, 2.24) is 0 Å². The Morgan fingerprint density at radius 1 is 1.24 bits per heavy atom. The molecule has 108 valence electrons. The molecule has 0 fully saturated rings. The van der Waals surface area contributed by atoms with Crippen molar-refractivity contribution in [2.24, 2.45) is 5.16 Å². The van der Waals surface area contributed by atoms with Gasteiger partial charge in [-0.05, 0) is 30.2 Å². The Balaban J connectivity index is 1.82. The van der Waals surface area contributed by atoms with Crippen LogP contribution in [0.15, 0.2) is 53.7 Å². The number of halogens is 1. The summed E-state index contributed by atoms with van der Waals surface area (Å²) in [5.41, 5.74) is 2.08. The van der Waals surface area contributed by atoms with Crippen molar-refractivity contribution in [3.63, 3.8) is 0 Å². The van der Waals surface area contributed by atoms with Gasteiger partial charge in [-0.2, -0.15) is 0 Å². The number of benzene rings is 2. The molecule has 0 aliphatic rings. The average molecular weight is 286 g/mol. The van der Waals surface area contributed by atoms with E-state index in [9.17, 15) is 9.18 Å². The number of carbonyl (C=O) groups excluding carboxylic acids is 1. The summed E-state index contributed by atoms with van der Waals surface area (Å²) < 4.78 is 13.3. The molecule has 5 heteroatoms. The second-order valence-electron chi connectivity index (χ2n) is 4.39. The number of amides is 1. The monoisotopic (exact) mass is 286 g/mol. The van der Waals surface area contributed by atoms with Crippen LogP contribution in [0.3, 0.4) is 0 Å². The van der Waals surface area contributed by atoms with E-state index in [1.54, 1.807) is 12.1 Å². The smallest absolute Gasteiger partial charge is 0.265 e. The maximum atomic E-state index is 13.3. The van der Waals surface area contributed by atoms with Gasteiger partial charge in [0, 0.05) is 0 Å². The summed E-state index contributed by atoms with van der Waals surface area (Å²) in [5.74, 6) is -0.962. The number of oxime groups is 1. The van der Waals surface area contributed by atoms with Crippen LogP contribution in [0.4, 0.5) is 10.1 Å². The van der Waals surface area contributed by atoms with Gasteiger partial charge >= 0.3 is 0 Å². The Kier molecular flexibility index (Phi) is 5.04. The van der Waals surface area contributed by atoms with Gasteiger partial charge in [-0.3, -0.25) is 4.79 Å². The van der Waals surface area contributed by atoms with E-state index in [1.165, 1.54) is 18.3 Å². The lowest BCUT2D eigenvalue weighted by Gasteiger charge is -2.05. The third-order valence-electron chi connectivity index (χ3n) is 2.80.